The minimum atomic E-state index is 0.940. The third-order valence-electron chi connectivity index (χ3n) is 1.43. The zero-order chi connectivity index (χ0) is 8.10. The summed E-state index contributed by atoms with van der Waals surface area (Å²) in [6.45, 7) is 2.17. The molecule has 0 unspecified atom stereocenters. The fourth-order valence-corrected chi connectivity index (χ4v) is 1.01. The Morgan fingerprint density at radius 3 is 2.55 bits per heavy atom. The molecule has 0 atom stereocenters. The molecule has 0 spiro atoms. The monoisotopic (exact) mass is 214 g/mol. The molecule has 0 fully saturated rings. The van der Waals surface area contributed by atoms with E-state index in [-0.39, 0.29) is 0 Å². The Labute approximate surface area is 75.2 Å². The van der Waals surface area contributed by atoms with Gasteiger partial charge in [0.05, 0.1) is 4.47 Å². The molecule has 2 nitrogen and oxygen atoms in total. The highest BCUT2D eigenvalue weighted by Gasteiger charge is 1.93. The number of hydrogen-bond donors (Lipinski definition) is 0. The topological polar surface area (TPSA) is 25.8 Å². The molecule has 60 valence electrons. The number of aryl methyl sites for hydroxylation is 1. The summed E-state index contributed by atoms with van der Waals surface area (Å²) in [7, 11) is 0. The molecule has 0 saturated carbocycles. The van der Waals surface area contributed by atoms with Crippen LogP contribution in [0.1, 0.15) is 25.6 Å². The number of nitrogens with zero attached hydrogens (tertiary/aromatic N) is 2. The smallest absolute Gasteiger partial charge is 0.128 e. The molecular weight excluding hydrogens is 204 g/mol. The van der Waals surface area contributed by atoms with Gasteiger partial charge in [-0.2, -0.15) is 0 Å². The van der Waals surface area contributed by atoms with E-state index in [1.807, 2.05) is 0 Å². The van der Waals surface area contributed by atoms with Crippen molar-refractivity contribution in [2.45, 2.75) is 26.2 Å². The van der Waals surface area contributed by atoms with Gasteiger partial charge in [-0.15, -0.1) is 0 Å². The number of halogens is 1. The van der Waals surface area contributed by atoms with E-state index < -0.39 is 0 Å². The van der Waals surface area contributed by atoms with Gasteiger partial charge in [0.15, 0.2) is 0 Å². The Hall–Kier alpha value is -0.440. The highest BCUT2D eigenvalue weighted by molar-refractivity contribution is 9.10. The molecule has 3 heteroatoms. The van der Waals surface area contributed by atoms with Crippen LogP contribution in [0.5, 0.6) is 0 Å². The molecule has 1 heterocycles. The number of hydrogen-bond acceptors (Lipinski definition) is 2. The quantitative estimate of drug-likeness (QED) is 0.774. The summed E-state index contributed by atoms with van der Waals surface area (Å²) < 4.78 is 0.942. The Morgan fingerprint density at radius 2 is 2.00 bits per heavy atom. The Balaban J connectivity index is 2.52. The highest BCUT2D eigenvalue weighted by Crippen LogP contribution is 2.05. The maximum atomic E-state index is 4.16. The molecule has 0 saturated heterocycles. The van der Waals surface area contributed by atoms with Crippen molar-refractivity contribution in [2.75, 3.05) is 0 Å². The zero-order valence-corrected chi connectivity index (χ0v) is 8.13. The molecule has 0 aliphatic carbocycles. The molecule has 0 radical (unpaired) electrons. The normalized spacial score (nSPS) is 10.0. The van der Waals surface area contributed by atoms with E-state index in [1.54, 1.807) is 12.4 Å². The van der Waals surface area contributed by atoms with Gasteiger partial charge in [-0.25, -0.2) is 9.97 Å². The standard InChI is InChI=1S/C8H11BrN2/c1-2-3-4-8-10-5-7(9)6-11-8/h5-6H,2-4H2,1H3. The summed E-state index contributed by atoms with van der Waals surface area (Å²) >= 11 is 3.29. The van der Waals surface area contributed by atoms with Crippen LogP contribution >= 0.6 is 15.9 Å². The third-order valence-corrected chi connectivity index (χ3v) is 1.84. The van der Waals surface area contributed by atoms with Crippen molar-refractivity contribution < 1.29 is 0 Å². The summed E-state index contributed by atoms with van der Waals surface area (Å²) in [6.07, 6.45) is 6.93. The van der Waals surface area contributed by atoms with Gasteiger partial charge in [-0.05, 0) is 22.4 Å². The van der Waals surface area contributed by atoms with E-state index in [9.17, 15) is 0 Å². The molecule has 1 aromatic rings. The Morgan fingerprint density at radius 1 is 1.36 bits per heavy atom. The first-order valence-corrected chi connectivity index (χ1v) is 4.58. The molecule has 0 aliphatic rings. The van der Waals surface area contributed by atoms with Crippen LogP contribution in [0.2, 0.25) is 0 Å². The van der Waals surface area contributed by atoms with Crippen LogP contribution in [0.15, 0.2) is 16.9 Å². The SMILES string of the molecule is CCCCc1ncc(Br)cn1. The zero-order valence-electron chi connectivity index (χ0n) is 6.55. The van der Waals surface area contributed by atoms with Gasteiger partial charge in [0.2, 0.25) is 0 Å². The number of aromatic nitrogens is 2. The van der Waals surface area contributed by atoms with E-state index in [1.165, 1.54) is 12.8 Å². The van der Waals surface area contributed by atoms with Crippen molar-refractivity contribution >= 4 is 15.9 Å². The van der Waals surface area contributed by atoms with E-state index >= 15 is 0 Å². The Kier molecular flexibility index (Phi) is 3.49. The predicted octanol–water partition coefficient (Wildman–Crippen LogP) is 2.58. The second-order valence-corrected chi connectivity index (χ2v) is 3.34. The molecular formula is C8H11BrN2. The average molecular weight is 215 g/mol. The van der Waals surface area contributed by atoms with Crippen LogP contribution in [-0.4, -0.2) is 9.97 Å². The molecule has 11 heavy (non-hydrogen) atoms. The largest absolute Gasteiger partial charge is 0.240 e. The van der Waals surface area contributed by atoms with Crippen LogP contribution in [-0.2, 0) is 6.42 Å². The van der Waals surface area contributed by atoms with Crippen LogP contribution in [0.3, 0.4) is 0 Å². The second kappa shape index (κ2) is 4.44. The Bertz CT molecular complexity index is 208. The lowest BCUT2D eigenvalue weighted by molar-refractivity contribution is 0.751. The minimum Gasteiger partial charge on any atom is -0.240 e. The lowest BCUT2D eigenvalue weighted by Gasteiger charge is -1.96. The van der Waals surface area contributed by atoms with E-state index in [0.29, 0.717) is 0 Å². The van der Waals surface area contributed by atoms with Crippen molar-refractivity contribution in [3.8, 4) is 0 Å². The molecule has 1 rings (SSSR count). The molecule has 1 aromatic heterocycles. The second-order valence-electron chi connectivity index (χ2n) is 2.42. The van der Waals surface area contributed by atoms with Crippen LogP contribution in [0.25, 0.3) is 0 Å². The summed E-state index contributed by atoms with van der Waals surface area (Å²) in [6, 6.07) is 0. The molecule has 0 aromatic carbocycles. The van der Waals surface area contributed by atoms with Crippen molar-refractivity contribution in [3.63, 3.8) is 0 Å². The first kappa shape index (κ1) is 8.65. The average Bonchev–Trinajstić information content (AvgIpc) is 2.04. The van der Waals surface area contributed by atoms with Gasteiger partial charge >= 0.3 is 0 Å². The summed E-state index contributed by atoms with van der Waals surface area (Å²) in [5, 5.41) is 0. The maximum absolute atomic E-state index is 4.16. The summed E-state index contributed by atoms with van der Waals surface area (Å²) in [4.78, 5) is 8.32. The van der Waals surface area contributed by atoms with Crippen molar-refractivity contribution in [2.24, 2.45) is 0 Å². The molecule has 0 bridgehead atoms. The van der Waals surface area contributed by atoms with Gasteiger partial charge in [0, 0.05) is 18.8 Å². The third kappa shape index (κ3) is 2.97. The summed E-state index contributed by atoms with van der Waals surface area (Å²) in [5.74, 6) is 0.940. The van der Waals surface area contributed by atoms with Gasteiger partial charge < -0.3 is 0 Å². The van der Waals surface area contributed by atoms with Gasteiger partial charge in [0.1, 0.15) is 5.82 Å². The number of unbranched alkanes of at least 4 members (excludes halogenated alkanes) is 1. The van der Waals surface area contributed by atoms with Gasteiger partial charge in [0.25, 0.3) is 0 Å². The van der Waals surface area contributed by atoms with Crippen molar-refractivity contribution in [3.05, 3.63) is 22.7 Å². The van der Waals surface area contributed by atoms with Gasteiger partial charge in [-0.1, -0.05) is 13.3 Å². The molecule has 0 aliphatic heterocycles. The van der Waals surface area contributed by atoms with Gasteiger partial charge in [-0.3, -0.25) is 0 Å². The molecule has 0 amide bonds. The maximum Gasteiger partial charge on any atom is 0.128 e. The van der Waals surface area contributed by atoms with E-state index in [4.69, 9.17) is 0 Å². The summed E-state index contributed by atoms with van der Waals surface area (Å²) in [5.41, 5.74) is 0. The van der Waals surface area contributed by atoms with Crippen LogP contribution in [0, 0.1) is 0 Å². The van der Waals surface area contributed by atoms with E-state index in [2.05, 4.69) is 32.8 Å². The predicted molar refractivity (Wildman–Crippen MR) is 48.3 cm³/mol. The first-order chi connectivity index (χ1) is 5.33. The lowest BCUT2D eigenvalue weighted by Crippen LogP contribution is -1.92. The van der Waals surface area contributed by atoms with Crippen LogP contribution < -0.4 is 0 Å². The fraction of sp³-hybridized carbons (Fsp3) is 0.500. The number of rotatable bonds is 3. The highest BCUT2D eigenvalue weighted by atomic mass is 79.9. The first-order valence-electron chi connectivity index (χ1n) is 3.79. The lowest BCUT2D eigenvalue weighted by atomic mass is 10.2. The van der Waals surface area contributed by atoms with Crippen LogP contribution in [0.4, 0.5) is 0 Å². The van der Waals surface area contributed by atoms with Crippen molar-refractivity contribution in [1.82, 2.24) is 9.97 Å². The van der Waals surface area contributed by atoms with Crippen molar-refractivity contribution in [1.29, 1.82) is 0 Å². The van der Waals surface area contributed by atoms with E-state index in [0.717, 1.165) is 16.7 Å². The fourth-order valence-electron chi connectivity index (χ4n) is 0.803. The molecule has 0 N–H and O–H groups in total. The minimum absolute atomic E-state index is 0.940.